The SMILES string of the molecule is COc1ccc(S(=O)(=O)NCC2(Sc3ccccc3)CCOCC2)cc1Cl. The average Bonchev–Trinajstić information content (AvgIpc) is 2.68. The summed E-state index contributed by atoms with van der Waals surface area (Å²) < 4.78 is 38.6. The van der Waals surface area contributed by atoms with Crippen LogP contribution < -0.4 is 9.46 Å². The fourth-order valence-electron chi connectivity index (χ4n) is 2.92. The van der Waals surface area contributed by atoms with E-state index in [9.17, 15) is 8.42 Å². The minimum atomic E-state index is -3.68. The van der Waals surface area contributed by atoms with Crippen molar-refractivity contribution in [2.75, 3.05) is 26.9 Å². The van der Waals surface area contributed by atoms with E-state index < -0.39 is 10.0 Å². The highest BCUT2D eigenvalue weighted by molar-refractivity contribution is 8.00. The molecule has 1 saturated heterocycles. The third-order valence-corrected chi connectivity index (χ3v) is 7.69. The minimum Gasteiger partial charge on any atom is -0.495 e. The molecule has 146 valence electrons. The van der Waals surface area contributed by atoms with Crippen LogP contribution >= 0.6 is 23.4 Å². The largest absolute Gasteiger partial charge is 0.495 e. The molecule has 1 fully saturated rings. The fourth-order valence-corrected chi connectivity index (χ4v) is 5.80. The van der Waals surface area contributed by atoms with Crippen molar-refractivity contribution in [3.63, 3.8) is 0 Å². The molecule has 0 spiro atoms. The van der Waals surface area contributed by atoms with Gasteiger partial charge in [-0.05, 0) is 43.2 Å². The molecule has 5 nitrogen and oxygen atoms in total. The molecule has 0 aromatic heterocycles. The molecule has 27 heavy (non-hydrogen) atoms. The highest BCUT2D eigenvalue weighted by Crippen LogP contribution is 2.40. The topological polar surface area (TPSA) is 64.6 Å². The summed E-state index contributed by atoms with van der Waals surface area (Å²) >= 11 is 7.79. The molecule has 1 aliphatic rings. The number of hydrogen-bond acceptors (Lipinski definition) is 5. The molecule has 0 atom stereocenters. The monoisotopic (exact) mass is 427 g/mol. The molecule has 1 heterocycles. The second-order valence-corrected chi connectivity index (χ2v) is 10.0. The van der Waals surface area contributed by atoms with Crippen LogP contribution in [0.4, 0.5) is 0 Å². The van der Waals surface area contributed by atoms with E-state index in [-0.39, 0.29) is 14.7 Å². The highest BCUT2D eigenvalue weighted by Gasteiger charge is 2.35. The molecule has 8 heteroatoms. The van der Waals surface area contributed by atoms with Gasteiger partial charge in [-0.25, -0.2) is 13.1 Å². The molecular formula is C19H22ClNO4S2. The number of halogens is 1. The molecule has 2 aromatic rings. The zero-order valence-electron chi connectivity index (χ0n) is 15.0. The van der Waals surface area contributed by atoms with E-state index in [2.05, 4.69) is 4.72 Å². The van der Waals surface area contributed by atoms with Crippen LogP contribution in [0.25, 0.3) is 0 Å². The molecule has 0 saturated carbocycles. The molecule has 1 aliphatic heterocycles. The Morgan fingerprint density at radius 1 is 1.19 bits per heavy atom. The van der Waals surface area contributed by atoms with Crippen LogP contribution in [0.1, 0.15) is 12.8 Å². The molecule has 0 unspecified atom stereocenters. The predicted molar refractivity (Wildman–Crippen MR) is 108 cm³/mol. The van der Waals surface area contributed by atoms with E-state index >= 15 is 0 Å². The predicted octanol–water partition coefficient (Wildman–Crippen LogP) is 3.97. The van der Waals surface area contributed by atoms with Gasteiger partial charge in [0, 0.05) is 29.4 Å². The molecular weight excluding hydrogens is 406 g/mol. The van der Waals surface area contributed by atoms with Crippen molar-refractivity contribution in [2.45, 2.75) is 27.4 Å². The maximum atomic E-state index is 12.8. The number of rotatable bonds is 7. The van der Waals surface area contributed by atoms with Crippen molar-refractivity contribution >= 4 is 33.4 Å². The van der Waals surface area contributed by atoms with Crippen LogP contribution in [0.5, 0.6) is 5.75 Å². The minimum absolute atomic E-state index is 0.125. The Kier molecular flexibility index (Phi) is 6.70. The normalized spacial score (nSPS) is 16.8. The van der Waals surface area contributed by atoms with Gasteiger partial charge >= 0.3 is 0 Å². The molecule has 0 aliphatic carbocycles. The lowest BCUT2D eigenvalue weighted by molar-refractivity contribution is 0.0784. The van der Waals surface area contributed by atoms with Gasteiger partial charge in [-0.3, -0.25) is 0 Å². The second-order valence-electron chi connectivity index (χ2n) is 6.33. The van der Waals surface area contributed by atoms with Crippen LogP contribution in [-0.4, -0.2) is 40.0 Å². The third kappa shape index (κ3) is 5.18. The van der Waals surface area contributed by atoms with E-state index in [1.807, 2.05) is 30.3 Å². The lowest BCUT2D eigenvalue weighted by Crippen LogP contribution is -2.44. The Labute approximate surface area is 169 Å². The number of nitrogens with one attached hydrogen (secondary N) is 1. The molecule has 0 radical (unpaired) electrons. The van der Waals surface area contributed by atoms with Gasteiger partial charge in [0.25, 0.3) is 0 Å². The summed E-state index contributed by atoms with van der Waals surface area (Å²) in [5, 5.41) is 0.264. The van der Waals surface area contributed by atoms with Crippen molar-refractivity contribution in [3.8, 4) is 5.75 Å². The van der Waals surface area contributed by atoms with Gasteiger partial charge in [0.05, 0.1) is 17.0 Å². The molecule has 0 amide bonds. The van der Waals surface area contributed by atoms with Crippen molar-refractivity contribution in [1.82, 2.24) is 4.72 Å². The summed E-state index contributed by atoms with van der Waals surface area (Å²) in [4.78, 5) is 1.24. The number of ether oxygens (including phenoxy) is 2. The maximum absolute atomic E-state index is 12.8. The fraction of sp³-hybridized carbons (Fsp3) is 0.368. The average molecular weight is 428 g/mol. The van der Waals surface area contributed by atoms with Crippen LogP contribution in [-0.2, 0) is 14.8 Å². The third-order valence-electron chi connectivity index (χ3n) is 4.50. The summed E-state index contributed by atoms with van der Waals surface area (Å²) in [6.07, 6.45) is 1.55. The van der Waals surface area contributed by atoms with E-state index in [0.29, 0.717) is 25.5 Å². The quantitative estimate of drug-likeness (QED) is 0.724. The van der Waals surface area contributed by atoms with Gasteiger partial charge in [-0.15, -0.1) is 11.8 Å². The van der Waals surface area contributed by atoms with Gasteiger partial charge in [0.2, 0.25) is 10.0 Å². The first-order valence-corrected chi connectivity index (χ1v) is 11.3. The zero-order chi connectivity index (χ0) is 19.3. The van der Waals surface area contributed by atoms with Crippen molar-refractivity contribution < 1.29 is 17.9 Å². The molecule has 0 bridgehead atoms. The summed E-state index contributed by atoms with van der Waals surface area (Å²) in [5.74, 6) is 0.441. The summed E-state index contributed by atoms with van der Waals surface area (Å²) in [6, 6.07) is 14.5. The molecule has 3 rings (SSSR count). The van der Waals surface area contributed by atoms with Gasteiger partial charge in [0.15, 0.2) is 0 Å². The van der Waals surface area contributed by atoms with E-state index in [0.717, 1.165) is 17.7 Å². The van der Waals surface area contributed by atoms with Gasteiger partial charge < -0.3 is 9.47 Å². The second kappa shape index (κ2) is 8.84. The van der Waals surface area contributed by atoms with Crippen molar-refractivity contribution in [3.05, 3.63) is 53.6 Å². The number of hydrogen-bond donors (Lipinski definition) is 1. The Morgan fingerprint density at radius 3 is 2.52 bits per heavy atom. The molecule has 1 N–H and O–H groups in total. The lowest BCUT2D eigenvalue weighted by Gasteiger charge is -2.36. The number of methoxy groups -OCH3 is 1. The first kappa shape index (κ1) is 20.5. The van der Waals surface area contributed by atoms with Crippen molar-refractivity contribution in [1.29, 1.82) is 0 Å². The Balaban J connectivity index is 1.77. The number of benzene rings is 2. The maximum Gasteiger partial charge on any atom is 0.240 e. The first-order chi connectivity index (χ1) is 12.9. The summed E-state index contributed by atoms with van der Waals surface area (Å²) in [5.41, 5.74) is 0. The Morgan fingerprint density at radius 2 is 1.89 bits per heavy atom. The van der Waals surface area contributed by atoms with E-state index in [1.54, 1.807) is 17.8 Å². The van der Waals surface area contributed by atoms with Crippen LogP contribution in [0, 0.1) is 0 Å². The lowest BCUT2D eigenvalue weighted by atomic mass is 9.99. The Bertz CT molecular complexity index is 869. The van der Waals surface area contributed by atoms with Crippen LogP contribution in [0.15, 0.2) is 58.3 Å². The molecule has 2 aromatic carbocycles. The van der Waals surface area contributed by atoms with E-state index in [4.69, 9.17) is 21.1 Å². The summed E-state index contributed by atoms with van der Waals surface area (Å²) in [6.45, 7) is 1.56. The highest BCUT2D eigenvalue weighted by atomic mass is 35.5. The van der Waals surface area contributed by atoms with Crippen molar-refractivity contribution in [2.24, 2.45) is 0 Å². The standard InChI is InChI=1S/C19H22ClNO4S2/c1-24-18-8-7-16(13-17(18)20)27(22,23)21-14-19(9-11-25-12-10-19)26-15-5-3-2-4-6-15/h2-8,13,21H,9-12,14H2,1H3. The number of thioether (sulfide) groups is 1. The van der Waals surface area contributed by atoms with Crippen LogP contribution in [0.2, 0.25) is 5.02 Å². The smallest absolute Gasteiger partial charge is 0.240 e. The van der Waals surface area contributed by atoms with Gasteiger partial charge in [-0.1, -0.05) is 29.8 Å². The van der Waals surface area contributed by atoms with Crippen LogP contribution in [0.3, 0.4) is 0 Å². The first-order valence-electron chi connectivity index (χ1n) is 8.59. The van der Waals surface area contributed by atoms with Gasteiger partial charge in [-0.2, -0.15) is 0 Å². The van der Waals surface area contributed by atoms with E-state index in [1.165, 1.54) is 19.2 Å². The Hall–Kier alpha value is -1.25. The van der Waals surface area contributed by atoms with Gasteiger partial charge in [0.1, 0.15) is 5.75 Å². The number of sulfonamides is 1. The zero-order valence-corrected chi connectivity index (χ0v) is 17.4. The summed E-state index contributed by atoms with van der Waals surface area (Å²) in [7, 11) is -2.19.